The number of nitro groups is 1. The molecular weight excluding hydrogens is 450 g/mol. The number of rotatable bonds is 8. The fourth-order valence-corrected chi connectivity index (χ4v) is 3.24. The predicted molar refractivity (Wildman–Crippen MR) is 130 cm³/mol. The van der Waals surface area contributed by atoms with Gasteiger partial charge in [0.1, 0.15) is 11.5 Å². The number of carbonyl (C=O) groups excluding carboxylic acids is 2. The number of nitro benzene ring substituents is 1. The molecule has 0 aliphatic carbocycles. The van der Waals surface area contributed by atoms with Crippen LogP contribution in [0.3, 0.4) is 0 Å². The summed E-state index contributed by atoms with van der Waals surface area (Å²) in [5.41, 5.74) is 3.21. The highest BCUT2D eigenvalue weighted by molar-refractivity contribution is 6.04. The third kappa shape index (κ3) is 5.85. The number of hydrazone groups is 1. The molecule has 9 nitrogen and oxygen atoms in total. The molecule has 0 aliphatic heterocycles. The van der Waals surface area contributed by atoms with Crippen molar-refractivity contribution in [2.45, 2.75) is 0 Å². The summed E-state index contributed by atoms with van der Waals surface area (Å²) < 4.78 is 10.9. The van der Waals surface area contributed by atoms with Crippen LogP contribution in [-0.2, 0) is 4.79 Å². The van der Waals surface area contributed by atoms with Crippen molar-refractivity contribution in [3.63, 3.8) is 0 Å². The molecule has 0 saturated carbocycles. The number of nitrogens with zero attached hydrogens (tertiary/aromatic N) is 2. The Labute approximate surface area is 199 Å². The Morgan fingerprint density at radius 2 is 1.63 bits per heavy atom. The van der Waals surface area contributed by atoms with Gasteiger partial charge < -0.3 is 9.47 Å². The van der Waals surface area contributed by atoms with Gasteiger partial charge in [0.25, 0.3) is 11.6 Å². The highest BCUT2D eigenvalue weighted by atomic mass is 16.6. The third-order valence-electron chi connectivity index (χ3n) is 4.94. The maximum absolute atomic E-state index is 12.6. The number of fused-ring (bicyclic) bond motifs is 1. The summed E-state index contributed by atoms with van der Waals surface area (Å²) in [6.07, 6.45) is 1.40. The number of hydrogen-bond acceptors (Lipinski definition) is 7. The van der Waals surface area contributed by atoms with Gasteiger partial charge in [0.15, 0.2) is 6.61 Å². The quantitative estimate of drug-likeness (QED) is 0.133. The molecule has 0 aromatic heterocycles. The van der Waals surface area contributed by atoms with Crippen LogP contribution in [0.1, 0.15) is 15.9 Å². The van der Waals surface area contributed by atoms with Gasteiger partial charge in [0.2, 0.25) is 0 Å². The molecule has 174 valence electrons. The first-order chi connectivity index (χ1) is 17.0. The summed E-state index contributed by atoms with van der Waals surface area (Å²) in [4.78, 5) is 34.9. The lowest BCUT2D eigenvalue weighted by Gasteiger charge is -2.10. The van der Waals surface area contributed by atoms with Crippen molar-refractivity contribution < 1.29 is 24.0 Å². The zero-order valence-electron chi connectivity index (χ0n) is 18.3. The average molecular weight is 469 g/mol. The zero-order valence-corrected chi connectivity index (χ0v) is 18.3. The Balaban J connectivity index is 1.46. The maximum atomic E-state index is 12.6. The molecule has 0 atom stereocenters. The number of ether oxygens (including phenoxy) is 2. The molecule has 0 unspecified atom stereocenters. The standard InChI is InChI=1S/C26H19N3O6/c30-25(17-34-21-13-11-20(12-14-21)29(32)33)28-27-16-23-22-9-5-4-6-18(22)10-15-24(23)35-26(31)19-7-2-1-3-8-19/h1-16H,17H2,(H,28,30)/b27-16-. The van der Waals surface area contributed by atoms with Crippen LogP contribution in [0.4, 0.5) is 5.69 Å². The lowest BCUT2D eigenvalue weighted by atomic mass is 10.0. The SMILES string of the molecule is O=C(COc1ccc([N+](=O)[O-])cc1)N/N=C\c1c(OC(=O)c2ccccc2)ccc2ccccc12. The highest BCUT2D eigenvalue weighted by Gasteiger charge is 2.13. The van der Waals surface area contributed by atoms with Gasteiger partial charge in [-0.25, -0.2) is 10.2 Å². The molecule has 4 aromatic rings. The van der Waals surface area contributed by atoms with Crippen molar-refractivity contribution in [2.75, 3.05) is 6.61 Å². The topological polar surface area (TPSA) is 120 Å². The average Bonchev–Trinajstić information content (AvgIpc) is 2.89. The van der Waals surface area contributed by atoms with Crippen molar-refractivity contribution in [1.29, 1.82) is 0 Å². The van der Waals surface area contributed by atoms with Crippen LogP contribution in [0, 0.1) is 10.1 Å². The third-order valence-corrected chi connectivity index (χ3v) is 4.94. The monoisotopic (exact) mass is 469 g/mol. The number of amides is 1. The first kappa shape index (κ1) is 23.1. The van der Waals surface area contributed by atoms with Gasteiger partial charge in [-0.2, -0.15) is 5.10 Å². The first-order valence-corrected chi connectivity index (χ1v) is 10.5. The Morgan fingerprint density at radius 1 is 0.914 bits per heavy atom. The molecule has 1 amide bonds. The van der Waals surface area contributed by atoms with Crippen LogP contribution >= 0.6 is 0 Å². The van der Waals surface area contributed by atoms with Crippen LogP contribution in [0.25, 0.3) is 10.8 Å². The summed E-state index contributed by atoms with van der Waals surface area (Å²) in [5.74, 6) is -0.463. The molecule has 9 heteroatoms. The van der Waals surface area contributed by atoms with E-state index in [0.717, 1.165) is 10.8 Å². The molecule has 0 saturated heterocycles. The molecule has 1 N–H and O–H groups in total. The van der Waals surface area contributed by atoms with Crippen molar-refractivity contribution in [3.8, 4) is 11.5 Å². The van der Waals surface area contributed by atoms with Gasteiger partial charge in [0, 0.05) is 17.7 Å². The summed E-state index contributed by atoms with van der Waals surface area (Å²) in [7, 11) is 0. The molecule has 4 rings (SSSR count). The van der Waals surface area contributed by atoms with Gasteiger partial charge in [-0.1, -0.05) is 48.5 Å². The summed E-state index contributed by atoms with van der Waals surface area (Å²) >= 11 is 0. The van der Waals surface area contributed by atoms with E-state index in [9.17, 15) is 19.7 Å². The second kappa shape index (κ2) is 10.7. The number of esters is 1. The van der Waals surface area contributed by atoms with Crippen molar-refractivity contribution in [3.05, 3.63) is 112 Å². The second-order valence-corrected chi connectivity index (χ2v) is 7.29. The Bertz CT molecular complexity index is 1400. The summed E-state index contributed by atoms with van der Waals surface area (Å²) in [5, 5.41) is 16.4. The van der Waals surface area contributed by atoms with Crippen LogP contribution < -0.4 is 14.9 Å². The maximum Gasteiger partial charge on any atom is 0.343 e. The van der Waals surface area contributed by atoms with E-state index in [1.165, 1.54) is 30.5 Å². The fraction of sp³-hybridized carbons (Fsp3) is 0.0385. The fourth-order valence-electron chi connectivity index (χ4n) is 3.24. The number of benzene rings is 4. The van der Waals surface area contributed by atoms with Crippen LogP contribution in [0.2, 0.25) is 0 Å². The number of hydrogen-bond donors (Lipinski definition) is 1. The largest absolute Gasteiger partial charge is 0.484 e. The number of nitrogens with one attached hydrogen (secondary N) is 1. The minimum atomic E-state index is -0.539. The van der Waals surface area contributed by atoms with Crippen LogP contribution in [-0.4, -0.2) is 29.6 Å². The minimum absolute atomic E-state index is 0.0785. The molecule has 0 heterocycles. The molecule has 4 aromatic carbocycles. The number of non-ortho nitro benzene ring substituents is 1. The van der Waals surface area contributed by atoms with E-state index in [1.807, 2.05) is 30.3 Å². The second-order valence-electron chi connectivity index (χ2n) is 7.29. The highest BCUT2D eigenvalue weighted by Crippen LogP contribution is 2.27. The van der Waals surface area contributed by atoms with Crippen LogP contribution in [0.5, 0.6) is 11.5 Å². The minimum Gasteiger partial charge on any atom is -0.484 e. The molecule has 35 heavy (non-hydrogen) atoms. The lowest BCUT2D eigenvalue weighted by Crippen LogP contribution is -2.24. The normalized spacial score (nSPS) is 10.7. The summed E-state index contributed by atoms with van der Waals surface area (Å²) in [6.45, 7) is -0.347. The Hall–Kier alpha value is -5.05. The van der Waals surface area contributed by atoms with E-state index in [2.05, 4.69) is 10.5 Å². The molecule has 0 fully saturated rings. The van der Waals surface area contributed by atoms with Crippen molar-refractivity contribution in [1.82, 2.24) is 5.43 Å². The van der Waals surface area contributed by atoms with Gasteiger partial charge in [0.05, 0.1) is 16.7 Å². The number of carbonyl (C=O) groups is 2. The first-order valence-electron chi connectivity index (χ1n) is 10.5. The van der Waals surface area contributed by atoms with Gasteiger partial charge in [-0.05, 0) is 41.1 Å². The Kier molecular flexibility index (Phi) is 7.08. The van der Waals surface area contributed by atoms with Crippen LogP contribution in [0.15, 0.2) is 96.1 Å². The van der Waals surface area contributed by atoms with Gasteiger partial charge >= 0.3 is 5.97 Å². The van der Waals surface area contributed by atoms with E-state index in [0.29, 0.717) is 16.9 Å². The molecule has 0 radical (unpaired) electrons. The summed E-state index contributed by atoms with van der Waals surface area (Å²) in [6, 6.07) is 25.0. The molecule has 0 aliphatic rings. The van der Waals surface area contributed by atoms with E-state index in [-0.39, 0.29) is 18.0 Å². The van der Waals surface area contributed by atoms with Gasteiger partial charge in [-0.3, -0.25) is 14.9 Å². The van der Waals surface area contributed by atoms with E-state index in [4.69, 9.17) is 9.47 Å². The smallest absolute Gasteiger partial charge is 0.343 e. The molecular formula is C26H19N3O6. The van der Waals surface area contributed by atoms with E-state index >= 15 is 0 Å². The Morgan fingerprint density at radius 3 is 2.37 bits per heavy atom. The predicted octanol–water partition coefficient (Wildman–Crippen LogP) is 4.50. The molecule has 0 bridgehead atoms. The van der Waals surface area contributed by atoms with Crippen molar-refractivity contribution in [2.24, 2.45) is 5.10 Å². The zero-order chi connectivity index (χ0) is 24.6. The van der Waals surface area contributed by atoms with Gasteiger partial charge in [-0.15, -0.1) is 0 Å². The van der Waals surface area contributed by atoms with E-state index < -0.39 is 16.8 Å². The molecule has 0 spiro atoms. The van der Waals surface area contributed by atoms with Crippen molar-refractivity contribution >= 4 is 34.6 Å². The van der Waals surface area contributed by atoms with E-state index in [1.54, 1.807) is 36.4 Å². The lowest BCUT2D eigenvalue weighted by molar-refractivity contribution is -0.384.